The van der Waals surface area contributed by atoms with Gasteiger partial charge < -0.3 is 29.2 Å². The Morgan fingerprint density at radius 2 is 1.93 bits per heavy atom. The van der Waals surface area contributed by atoms with Gasteiger partial charge in [-0.15, -0.1) is 0 Å². The number of aryl methyl sites for hydroxylation is 1. The maximum atomic E-state index is 15.7. The first-order valence-electron chi connectivity index (χ1n) is 13.7. The highest BCUT2D eigenvalue weighted by Crippen LogP contribution is 2.46. The van der Waals surface area contributed by atoms with Gasteiger partial charge in [-0.25, -0.2) is 9.37 Å². The minimum absolute atomic E-state index is 0.00307. The molecule has 0 fully saturated rings. The minimum Gasteiger partial charge on any atom is -0.466 e. The number of benzene rings is 3. The number of nitrogens with one attached hydrogen (secondary N) is 2. The second-order valence-corrected chi connectivity index (χ2v) is 9.86. The Balaban J connectivity index is 1.42. The molecule has 0 atom stereocenters. The largest absolute Gasteiger partial charge is 0.466 e. The molecular weight excluding hydrogens is 541 g/mol. The predicted molar refractivity (Wildman–Crippen MR) is 156 cm³/mol. The minimum atomic E-state index is -0.674. The van der Waals surface area contributed by atoms with E-state index in [1.807, 2.05) is 47.2 Å². The second-order valence-electron chi connectivity index (χ2n) is 9.86. The number of amides is 1. The van der Waals surface area contributed by atoms with E-state index < -0.39 is 23.1 Å². The standard InChI is InChI=1S/C31H28FN5O5/c1-2-41-26(38)8-10-35-31(40)22-17-37-24-14-19-6-3-4-7-20(19)15-25(24)42-30-27(23(32)16-21(28(30)37)29(22)39)34-9-5-12-36-13-11-33-18-36/h3-4,6-7,11,13-18,34H,2,5,8-10,12H2,1H3,(H,35,40). The quantitative estimate of drug-likeness (QED) is 0.180. The third kappa shape index (κ3) is 5.05. The molecule has 3 aromatic carbocycles. The van der Waals surface area contributed by atoms with Crippen LogP contribution in [0.2, 0.25) is 0 Å². The lowest BCUT2D eigenvalue weighted by Gasteiger charge is -2.26. The van der Waals surface area contributed by atoms with Crippen molar-refractivity contribution in [2.24, 2.45) is 0 Å². The Morgan fingerprint density at radius 3 is 2.69 bits per heavy atom. The molecule has 0 unspecified atom stereocenters. The zero-order valence-corrected chi connectivity index (χ0v) is 22.9. The molecule has 1 aliphatic heterocycles. The number of halogens is 1. The molecule has 2 N–H and O–H groups in total. The summed E-state index contributed by atoms with van der Waals surface area (Å²) in [6.45, 7) is 3.03. The van der Waals surface area contributed by atoms with Crippen LogP contribution in [0.15, 0.2) is 72.2 Å². The van der Waals surface area contributed by atoms with Crippen molar-refractivity contribution < 1.29 is 23.5 Å². The monoisotopic (exact) mass is 569 g/mol. The van der Waals surface area contributed by atoms with Crippen LogP contribution in [-0.4, -0.2) is 45.7 Å². The molecule has 0 aliphatic carbocycles. The van der Waals surface area contributed by atoms with Crippen LogP contribution in [0.25, 0.3) is 27.4 Å². The number of ether oxygens (including phenoxy) is 2. The van der Waals surface area contributed by atoms with E-state index in [0.29, 0.717) is 36.5 Å². The molecule has 1 amide bonds. The van der Waals surface area contributed by atoms with Gasteiger partial charge >= 0.3 is 5.97 Å². The number of hydrogen-bond donors (Lipinski definition) is 2. The number of esters is 1. The third-order valence-electron chi connectivity index (χ3n) is 7.11. The zero-order chi connectivity index (χ0) is 29.2. The first-order chi connectivity index (χ1) is 20.4. The topological polar surface area (TPSA) is 116 Å². The van der Waals surface area contributed by atoms with Gasteiger partial charge in [0, 0.05) is 38.2 Å². The van der Waals surface area contributed by atoms with Crippen molar-refractivity contribution in [3.8, 4) is 17.2 Å². The number of carbonyl (C=O) groups excluding carboxylic acids is 2. The Kier molecular flexibility index (Phi) is 7.30. The average molecular weight is 570 g/mol. The van der Waals surface area contributed by atoms with Crippen LogP contribution in [-0.2, 0) is 16.1 Å². The highest BCUT2D eigenvalue weighted by molar-refractivity contribution is 6.02. The van der Waals surface area contributed by atoms with Crippen LogP contribution in [0.1, 0.15) is 30.1 Å². The lowest BCUT2D eigenvalue weighted by molar-refractivity contribution is -0.142. The van der Waals surface area contributed by atoms with Gasteiger partial charge in [0.25, 0.3) is 5.91 Å². The molecule has 0 bridgehead atoms. The van der Waals surface area contributed by atoms with E-state index >= 15 is 4.39 Å². The summed E-state index contributed by atoms with van der Waals surface area (Å²) in [5, 5.41) is 7.60. The van der Waals surface area contributed by atoms with Gasteiger partial charge in [0.2, 0.25) is 5.43 Å². The van der Waals surface area contributed by atoms with Crippen molar-refractivity contribution in [3.63, 3.8) is 0 Å². The Morgan fingerprint density at radius 1 is 1.12 bits per heavy atom. The first-order valence-corrected chi connectivity index (χ1v) is 13.7. The zero-order valence-electron chi connectivity index (χ0n) is 22.9. The van der Waals surface area contributed by atoms with E-state index in [2.05, 4.69) is 15.6 Å². The van der Waals surface area contributed by atoms with Crippen molar-refractivity contribution >= 4 is 39.2 Å². The van der Waals surface area contributed by atoms with Crippen molar-refractivity contribution in [2.45, 2.75) is 26.3 Å². The normalized spacial score (nSPS) is 11.7. The molecule has 10 nitrogen and oxygen atoms in total. The summed E-state index contributed by atoms with van der Waals surface area (Å²) in [5.74, 6) is -1.19. The molecule has 0 saturated carbocycles. The molecule has 3 heterocycles. The van der Waals surface area contributed by atoms with Gasteiger partial charge in [-0.05, 0) is 42.3 Å². The predicted octanol–water partition coefficient (Wildman–Crippen LogP) is 4.77. The van der Waals surface area contributed by atoms with E-state index in [4.69, 9.17) is 9.47 Å². The fourth-order valence-electron chi connectivity index (χ4n) is 5.13. The van der Waals surface area contributed by atoms with Crippen LogP contribution < -0.4 is 20.8 Å². The number of aromatic nitrogens is 3. The second kappa shape index (κ2) is 11.4. The molecule has 5 aromatic rings. The molecule has 42 heavy (non-hydrogen) atoms. The summed E-state index contributed by atoms with van der Waals surface area (Å²) in [6, 6.07) is 12.6. The Bertz CT molecular complexity index is 1880. The molecule has 2 aromatic heterocycles. The van der Waals surface area contributed by atoms with Gasteiger partial charge in [-0.3, -0.25) is 14.4 Å². The van der Waals surface area contributed by atoms with Crippen molar-refractivity contribution in [1.29, 1.82) is 0 Å². The molecule has 11 heteroatoms. The number of fused-ring (bicyclic) bond motifs is 3. The molecule has 214 valence electrons. The van der Waals surface area contributed by atoms with Crippen molar-refractivity contribution in [2.75, 3.05) is 25.0 Å². The van der Waals surface area contributed by atoms with Gasteiger partial charge in [-0.1, -0.05) is 24.3 Å². The molecule has 0 saturated heterocycles. The number of pyridine rings is 1. The van der Waals surface area contributed by atoms with Gasteiger partial charge in [0.15, 0.2) is 17.3 Å². The summed E-state index contributed by atoms with van der Waals surface area (Å²) < 4.78 is 30.5. The van der Waals surface area contributed by atoms with Gasteiger partial charge in [0.05, 0.1) is 30.4 Å². The molecule has 0 spiro atoms. The molecular formula is C31H28FN5O5. The summed E-state index contributed by atoms with van der Waals surface area (Å²) in [5.41, 5.74) is 0.258. The molecule has 1 aliphatic rings. The number of carbonyl (C=O) groups is 2. The Hall–Kier alpha value is -5.19. The number of nitrogens with zero attached hydrogens (tertiary/aromatic N) is 3. The van der Waals surface area contributed by atoms with Crippen LogP contribution in [0, 0.1) is 5.82 Å². The van der Waals surface area contributed by atoms with Gasteiger partial charge in [0.1, 0.15) is 16.8 Å². The number of anilines is 1. The average Bonchev–Trinajstić information content (AvgIpc) is 3.50. The maximum absolute atomic E-state index is 15.7. The van der Waals surface area contributed by atoms with E-state index in [1.54, 1.807) is 24.0 Å². The number of imidazole rings is 1. The fraction of sp³-hybridized carbons (Fsp3) is 0.226. The van der Waals surface area contributed by atoms with E-state index in [0.717, 1.165) is 16.8 Å². The summed E-state index contributed by atoms with van der Waals surface area (Å²) in [4.78, 5) is 42.5. The molecule has 6 rings (SSSR count). The smallest absolute Gasteiger partial charge is 0.307 e. The number of hydrogen-bond acceptors (Lipinski definition) is 7. The Labute approximate surface area is 239 Å². The van der Waals surface area contributed by atoms with Crippen molar-refractivity contribution in [1.82, 2.24) is 19.4 Å². The van der Waals surface area contributed by atoms with Crippen LogP contribution in [0.3, 0.4) is 0 Å². The van der Waals surface area contributed by atoms with Gasteiger partial charge in [-0.2, -0.15) is 0 Å². The fourth-order valence-corrected chi connectivity index (χ4v) is 5.13. The van der Waals surface area contributed by atoms with Crippen molar-refractivity contribution in [3.05, 3.63) is 89.0 Å². The van der Waals surface area contributed by atoms with Crippen LogP contribution in [0.4, 0.5) is 10.1 Å². The lowest BCUT2D eigenvalue weighted by Crippen LogP contribution is -2.32. The highest BCUT2D eigenvalue weighted by Gasteiger charge is 2.29. The maximum Gasteiger partial charge on any atom is 0.307 e. The van der Waals surface area contributed by atoms with E-state index in [9.17, 15) is 14.4 Å². The summed E-state index contributed by atoms with van der Waals surface area (Å²) in [6.07, 6.45) is 7.36. The van der Waals surface area contributed by atoms with Crippen LogP contribution in [0.5, 0.6) is 11.5 Å². The summed E-state index contributed by atoms with van der Waals surface area (Å²) >= 11 is 0. The van der Waals surface area contributed by atoms with E-state index in [-0.39, 0.29) is 42.0 Å². The highest BCUT2D eigenvalue weighted by atomic mass is 19.1. The summed E-state index contributed by atoms with van der Waals surface area (Å²) in [7, 11) is 0. The number of rotatable bonds is 10. The lowest BCUT2D eigenvalue weighted by atomic mass is 10.0. The SMILES string of the molecule is CCOC(=O)CCNC(=O)c1cn2c3c(c(NCCCn4ccnc4)c(F)cc3c1=O)Oc1cc3ccccc3cc1-2. The van der Waals surface area contributed by atoms with Crippen LogP contribution >= 0.6 is 0 Å². The third-order valence-corrected chi connectivity index (χ3v) is 7.11. The van der Waals surface area contributed by atoms with E-state index in [1.165, 1.54) is 6.20 Å². The molecule has 0 radical (unpaired) electrons. The first kappa shape index (κ1) is 27.0.